The number of ether oxygens (including phenoxy) is 1. The minimum Gasteiger partial charge on any atom is -0.482 e. The lowest BCUT2D eigenvalue weighted by Gasteiger charge is -2.18. The van der Waals surface area contributed by atoms with Crippen LogP contribution in [0.5, 0.6) is 5.75 Å². The van der Waals surface area contributed by atoms with Gasteiger partial charge in [-0.3, -0.25) is 9.59 Å². The van der Waals surface area contributed by atoms with Gasteiger partial charge in [-0.25, -0.2) is 0 Å². The highest BCUT2D eigenvalue weighted by Crippen LogP contribution is 2.26. The zero-order valence-electron chi connectivity index (χ0n) is 14.8. The van der Waals surface area contributed by atoms with Gasteiger partial charge in [-0.15, -0.1) is 11.3 Å². The van der Waals surface area contributed by atoms with Crippen molar-refractivity contribution < 1.29 is 14.3 Å². The van der Waals surface area contributed by atoms with Gasteiger partial charge >= 0.3 is 0 Å². The predicted molar refractivity (Wildman–Crippen MR) is 107 cm³/mol. The molecule has 3 rings (SSSR count). The topological polar surface area (TPSA) is 67.4 Å². The quantitative estimate of drug-likeness (QED) is 0.651. The summed E-state index contributed by atoms with van der Waals surface area (Å²) in [6.07, 6.45) is 0. The van der Waals surface area contributed by atoms with Gasteiger partial charge in [0.1, 0.15) is 5.75 Å². The fourth-order valence-corrected chi connectivity index (χ4v) is 3.45. The van der Waals surface area contributed by atoms with Crippen LogP contribution in [0.4, 0.5) is 5.69 Å². The molecule has 6 heteroatoms. The number of para-hydroxylation sites is 2. The molecule has 0 aliphatic rings. The number of carbonyl (C=O) groups excluding carboxylic acids is 2. The van der Waals surface area contributed by atoms with Crippen LogP contribution >= 0.6 is 11.3 Å². The number of hydrogen-bond donors (Lipinski definition) is 2. The molecule has 3 aromatic rings. The van der Waals surface area contributed by atoms with Crippen molar-refractivity contribution in [3.05, 3.63) is 82.6 Å². The van der Waals surface area contributed by atoms with Crippen LogP contribution in [0.25, 0.3) is 0 Å². The molecule has 0 bridgehead atoms. The summed E-state index contributed by atoms with van der Waals surface area (Å²) in [5, 5.41) is 7.70. The predicted octanol–water partition coefficient (Wildman–Crippen LogP) is 3.99. The van der Waals surface area contributed by atoms with Crippen molar-refractivity contribution >= 4 is 28.8 Å². The molecule has 1 aromatic heterocycles. The zero-order valence-corrected chi connectivity index (χ0v) is 15.7. The van der Waals surface area contributed by atoms with E-state index in [1.54, 1.807) is 35.6 Å². The average molecular weight is 380 g/mol. The Hall–Kier alpha value is -3.12. The van der Waals surface area contributed by atoms with Gasteiger partial charge in [0.15, 0.2) is 6.61 Å². The number of carbonyl (C=O) groups is 2. The largest absolute Gasteiger partial charge is 0.482 e. The summed E-state index contributed by atoms with van der Waals surface area (Å²) < 4.78 is 5.63. The van der Waals surface area contributed by atoms with Crippen molar-refractivity contribution in [2.45, 2.75) is 13.0 Å². The molecule has 0 aliphatic carbocycles. The Morgan fingerprint density at radius 2 is 1.74 bits per heavy atom. The smallest absolute Gasteiger partial charge is 0.258 e. The van der Waals surface area contributed by atoms with Crippen molar-refractivity contribution in [2.24, 2.45) is 0 Å². The molecule has 0 aliphatic heterocycles. The van der Waals surface area contributed by atoms with Crippen molar-refractivity contribution in [2.75, 3.05) is 11.9 Å². The van der Waals surface area contributed by atoms with E-state index in [0.29, 0.717) is 11.4 Å². The van der Waals surface area contributed by atoms with Gasteiger partial charge in [-0.2, -0.15) is 0 Å². The van der Waals surface area contributed by atoms with E-state index in [2.05, 4.69) is 10.6 Å². The third-order valence-corrected chi connectivity index (χ3v) is 4.76. The van der Waals surface area contributed by atoms with E-state index in [0.717, 1.165) is 10.4 Å². The number of hydrogen-bond acceptors (Lipinski definition) is 4. The lowest BCUT2D eigenvalue weighted by atomic mass is 10.1. The zero-order chi connectivity index (χ0) is 19.1. The molecule has 0 saturated heterocycles. The number of rotatable bonds is 7. The summed E-state index contributed by atoms with van der Waals surface area (Å²) in [5.41, 5.74) is 1.54. The maximum absolute atomic E-state index is 12.5. The molecular weight excluding hydrogens is 360 g/mol. The van der Waals surface area contributed by atoms with E-state index in [-0.39, 0.29) is 24.5 Å². The van der Waals surface area contributed by atoms with Gasteiger partial charge < -0.3 is 15.4 Å². The van der Waals surface area contributed by atoms with Crippen LogP contribution in [0.1, 0.15) is 23.4 Å². The van der Waals surface area contributed by atoms with Crippen molar-refractivity contribution in [3.8, 4) is 5.75 Å². The standard InChI is InChI=1S/C21H20N2O3S/c1-15(24)22-17-10-5-6-11-18(17)26-14-20(25)23-21(19-12-7-13-27-19)16-8-3-2-4-9-16/h2-13,21H,14H2,1H3,(H,22,24)(H,23,25)/t21-/m1/s1. The molecule has 2 N–H and O–H groups in total. The second-order valence-electron chi connectivity index (χ2n) is 5.89. The molecule has 138 valence electrons. The minimum absolute atomic E-state index is 0.148. The number of benzene rings is 2. The third-order valence-electron chi connectivity index (χ3n) is 3.82. The fraction of sp³-hybridized carbons (Fsp3) is 0.143. The Labute approximate surface area is 162 Å². The number of anilines is 1. The average Bonchev–Trinajstić information content (AvgIpc) is 3.20. The maximum atomic E-state index is 12.5. The molecule has 27 heavy (non-hydrogen) atoms. The van der Waals surface area contributed by atoms with E-state index in [1.165, 1.54) is 6.92 Å². The molecule has 2 amide bonds. The highest BCUT2D eigenvalue weighted by Gasteiger charge is 2.18. The molecule has 0 fully saturated rings. The molecular formula is C21H20N2O3S. The Bertz CT molecular complexity index is 895. The highest BCUT2D eigenvalue weighted by atomic mass is 32.1. The molecule has 2 aromatic carbocycles. The second kappa shape index (κ2) is 9.00. The van der Waals surface area contributed by atoms with Crippen LogP contribution in [0.15, 0.2) is 72.1 Å². The molecule has 0 spiro atoms. The van der Waals surface area contributed by atoms with E-state index < -0.39 is 0 Å². The van der Waals surface area contributed by atoms with Crippen LogP contribution in [-0.2, 0) is 9.59 Å². The number of nitrogens with one attached hydrogen (secondary N) is 2. The molecule has 0 radical (unpaired) electrons. The van der Waals surface area contributed by atoms with Crippen molar-refractivity contribution in [1.82, 2.24) is 5.32 Å². The molecule has 0 unspecified atom stereocenters. The normalized spacial score (nSPS) is 11.4. The van der Waals surface area contributed by atoms with Crippen LogP contribution < -0.4 is 15.4 Å². The molecule has 0 saturated carbocycles. The Morgan fingerprint density at radius 1 is 1.00 bits per heavy atom. The summed E-state index contributed by atoms with van der Waals surface area (Å²) in [6.45, 7) is 1.28. The van der Waals surface area contributed by atoms with E-state index >= 15 is 0 Å². The SMILES string of the molecule is CC(=O)Nc1ccccc1OCC(=O)N[C@H](c1ccccc1)c1cccs1. The van der Waals surface area contributed by atoms with Gasteiger partial charge in [0.2, 0.25) is 5.91 Å². The van der Waals surface area contributed by atoms with Gasteiger partial charge in [0.25, 0.3) is 5.91 Å². The van der Waals surface area contributed by atoms with E-state index in [9.17, 15) is 9.59 Å². The summed E-state index contributed by atoms with van der Waals surface area (Å²) in [6, 6.07) is 20.6. The first-order valence-electron chi connectivity index (χ1n) is 8.50. The Morgan fingerprint density at radius 3 is 2.44 bits per heavy atom. The van der Waals surface area contributed by atoms with Gasteiger partial charge in [0, 0.05) is 11.8 Å². The Kier molecular flexibility index (Phi) is 6.22. The molecule has 5 nitrogen and oxygen atoms in total. The van der Waals surface area contributed by atoms with E-state index in [4.69, 9.17) is 4.74 Å². The highest BCUT2D eigenvalue weighted by molar-refractivity contribution is 7.10. The fourth-order valence-electron chi connectivity index (χ4n) is 2.65. The lowest BCUT2D eigenvalue weighted by molar-refractivity contribution is -0.123. The summed E-state index contributed by atoms with van der Waals surface area (Å²) in [4.78, 5) is 24.9. The first kappa shape index (κ1) is 18.7. The first-order valence-corrected chi connectivity index (χ1v) is 9.38. The Balaban J connectivity index is 1.68. The van der Waals surface area contributed by atoms with Crippen molar-refractivity contribution in [1.29, 1.82) is 0 Å². The first-order chi connectivity index (χ1) is 13.1. The van der Waals surface area contributed by atoms with Crippen LogP contribution in [0.3, 0.4) is 0 Å². The summed E-state index contributed by atoms with van der Waals surface area (Å²) >= 11 is 1.59. The third kappa shape index (κ3) is 5.18. The second-order valence-corrected chi connectivity index (χ2v) is 6.87. The maximum Gasteiger partial charge on any atom is 0.258 e. The van der Waals surface area contributed by atoms with Crippen LogP contribution in [-0.4, -0.2) is 18.4 Å². The van der Waals surface area contributed by atoms with E-state index in [1.807, 2.05) is 47.8 Å². The van der Waals surface area contributed by atoms with Gasteiger partial charge in [-0.1, -0.05) is 48.5 Å². The molecule has 1 heterocycles. The van der Waals surface area contributed by atoms with Crippen LogP contribution in [0.2, 0.25) is 0 Å². The van der Waals surface area contributed by atoms with Gasteiger partial charge in [-0.05, 0) is 29.1 Å². The number of amides is 2. The van der Waals surface area contributed by atoms with Crippen molar-refractivity contribution in [3.63, 3.8) is 0 Å². The summed E-state index contributed by atoms with van der Waals surface area (Å²) in [5.74, 6) is 0.0162. The summed E-state index contributed by atoms with van der Waals surface area (Å²) in [7, 11) is 0. The lowest BCUT2D eigenvalue weighted by Crippen LogP contribution is -2.33. The number of thiophene rings is 1. The van der Waals surface area contributed by atoms with Crippen LogP contribution in [0, 0.1) is 0 Å². The monoisotopic (exact) mass is 380 g/mol. The minimum atomic E-state index is -0.241. The molecule has 1 atom stereocenters. The van der Waals surface area contributed by atoms with Gasteiger partial charge in [0.05, 0.1) is 11.7 Å².